The molecule has 21 heavy (non-hydrogen) atoms. The number of hydrogen-bond donors (Lipinski definition) is 3. The fraction of sp³-hybridized carbons (Fsp3) is 0.0625. The van der Waals surface area contributed by atoms with Crippen LogP contribution >= 0.6 is 0 Å². The molecule has 2 rings (SSSR count). The molecule has 108 valence electrons. The molecule has 0 spiro atoms. The van der Waals surface area contributed by atoms with Crippen molar-refractivity contribution in [3.05, 3.63) is 72.1 Å². The fourth-order valence-electron chi connectivity index (χ4n) is 1.79. The van der Waals surface area contributed by atoms with Gasteiger partial charge in [-0.2, -0.15) is 0 Å². The Kier molecular flexibility index (Phi) is 4.56. The van der Waals surface area contributed by atoms with Gasteiger partial charge in [0.15, 0.2) is 0 Å². The van der Waals surface area contributed by atoms with E-state index in [0.29, 0.717) is 0 Å². The molecular formula is C16H15FN2O2. The molecule has 0 saturated heterocycles. The van der Waals surface area contributed by atoms with Crippen LogP contribution in [0, 0.1) is 5.82 Å². The Morgan fingerprint density at radius 1 is 1.14 bits per heavy atom. The molecule has 0 saturated carbocycles. The normalized spacial score (nSPS) is 9.95. The third kappa shape index (κ3) is 4.07. The van der Waals surface area contributed by atoms with Gasteiger partial charge in [0, 0.05) is 5.56 Å². The zero-order valence-electron chi connectivity index (χ0n) is 11.3. The van der Waals surface area contributed by atoms with Crippen molar-refractivity contribution in [2.75, 3.05) is 0 Å². The summed E-state index contributed by atoms with van der Waals surface area (Å²) in [5, 5.41) is 9.63. The van der Waals surface area contributed by atoms with Crippen molar-refractivity contribution in [1.29, 1.82) is 0 Å². The number of halogens is 1. The summed E-state index contributed by atoms with van der Waals surface area (Å²) in [4.78, 5) is 11.7. The fourth-order valence-corrected chi connectivity index (χ4v) is 1.79. The Morgan fingerprint density at radius 2 is 1.86 bits per heavy atom. The molecule has 0 aliphatic carbocycles. The van der Waals surface area contributed by atoms with Crippen LogP contribution in [-0.4, -0.2) is 11.0 Å². The van der Waals surface area contributed by atoms with Crippen LogP contribution in [0.5, 0.6) is 5.75 Å². The second kappa shape index (κ2) is 6.56. The first-order valence-corrected chi connectivity index (χ1v) is 6.33. The molecule has 3 N–H and O–H groups in total. The van der Waals surface area contributed by atoms with Gasteiger partial charge < -0.3 is 5.11 Å². The van der Waals surface area contributed by atoms with E-state index in [0.717, 1.165) is 17.7 Å². The Hall–Kier alpha value is -2.82. The van der Waals surface area contributed by atoms with E-state index in [1.54, 1.807) is 0 Å². The molecule has 0 atom stereocenters. The number of hydrogen-bond acceptors (Lipinski definition) is 3. The van der Waals surface area contributed by atoms with Crippen molar-refractivity contribution in [3.63, 3.8) is 0 Å². The van der Waals surface area contributed by atoms with Gasteiger partial charge in [0.2, 0.25) is 5.91 Å². The molecule has 4 nitrogen and oxygen atoms in total. The minimum Gasteiger partial charge on any atom is -0.507 e. The summed E-state index contributed by atoms with van der Waals surface area (Å²) in [7, 11) is 0. The lowest BCUT2D eigenvalue weighted by Crippen LogP contribution is -2.36. The maximum absolute atomic E-state index is 13.1. The maximum Gasteiger partial charge on any atom is 0.242 e. The van der Waals surface area contributed by atoms with Crippen LogP contribution in [-0.2, 0) is 11.2 Å². The van der Waals surface area contributed by atoms with Gasteiger partial charge in [0.1, 0.15) is 11.6 Å². The summed E-state index contributed by atoms with van der Waals surface area (Å²) in [6.45, 7) is 3.65. The summed E-state index contributed by atoms with van der Waals surface area (Å²) < 4.78 is 13.1. The van der Waals surface area contributed by atoms with Crippen LogP contribution in [0.3, 0.4) is 0 Å². The van der Waals surface area contributed by atoms with E-state index < -0.39 is 5.82 Å². The zero-order valence-corrected chi connectivity index (χ0v) is 11.3. The van der Waals surface area contributed by atoms with E-state index in [1.165, 1.54) is 6.07 Å². The van der Waals surface area contributed by atoms with E-state index in [4.69, 9.17) is 0 Å². The molecule has 0 radical (unpaired) electrons. The van der Waals surface area contributed by atoms with Crippen molar-refractivity contribution in [2.24, 2.45) is 0 Å². The maximum atomic E-state index is 13.1. The van der Waals surface area contributed by atoms with E-state index in [1.807, 2.05) is 30.3 Å². The first-order valence-electron chi connectivity index (χ1n) is 6.33. The number of hydrazine groups is 1. The average Bonchev–Trinajstić information content (AvgIpc) is 2.48. The lowest BCUT2D eigenvalue weighted by atomic mass is 10.1. The number of phenols is 1. The monoisotopic (exact) mass is 286 g/mol. The Bertz CT molecular complexity index is 657. The standard InChI is InChI=1S/C16H15FN2O2/c1-11(14-10-13(17)7-8-15(14)20)18-19-16(21)9-12-5-3-2-4-6-12/h2-8,10,18,20H,1,9H2,(H,19,21). The Morgan fingerprint density at radius 3 is 2.57 bits per heavy atom. The molecule has 5 heteroatoms. The summed E-state index contributed by atoms with van der Waals surface area (Å²) in [5.74, 6) is -0.884. The van der Waals surface area contributed by atoms with Gasteiger partial charge in [-0.05, 0) is 23.8 Å². The Balaban J connectivity index is 1.92. The topological polar surface area (TPSA) is 61.4 Å². The number of benzene rings is 2. The molecule has 0 aliphatic heterocycles. The third-order valence-corrected chi connectivity index (χ3v) is 2.84. The van der Waals surface area contributed by atoms with Crippen molar-refractivity contribution in [2.45, 2.75) is 6.42 Å². The number of carbonyl (C=O) groups is 1. The van der Waals surface area contributed by atoms with Crippen LogP contribution in [0.1, 0.15) is 11.1 Å². The number of nitrogens with one attached hydrogen (secondary N) is 2. The van der Waals surface area contributed by atoms with Crippen LogP contribution < -0.4 is 10.9 Å². The zero-order chi connectivity index (χ0) is 15.2. The Labute approximate surface area is 121 Å². The van der Waals surface area contributed by atoms with Gasteiger partial charge in [0.05, 0.1) is 12.1 Å². The number of phenolic OH excluding ortho intramolecular Hbond substituents is 1. The molecular weight excluding hydrogens is 271 g/mol. The summed E-state index contributed by atoms with van der Waals surface area (Å²) >= 11 is 0. The van der Waals surface area contributed by atoms with Crippen molar-refractivity contribution in [3.8, 4) is 5.75 Å². The molecule has 0 aliphatic rings. The third-order valence-electron chi connectivity index (χ3n) is 2.84. The van der Waals surface area contributed by atoms with Gasteiger partial charge in [-0.3, -0.25) is 15.6 Å². The van der Waals surface area contributed by atoms with E-state index in [2.05, 4.69) is 17.4 Å². The van der Waals surface area contributed by atoms with Gasteiger partial charge in [-0.15, -0.1) is 0 Å². The van der Waals surface area contributed by atoms with E-state index >= 15 is 0 Å². The minimum absolute atomic E-state index is 0.119. The predicted molar refractivity (Wildman–Crippen MR) is 78.5 cm³/mol. The van der Waals surface area contributed by atoms with Crippen molar-refractivity contribution in [1.82, 2.24) is 10.9 Å². The molecule has 2 aromatic carbocycles. The van der Waals surface area contributed by atoms with Gasteiger partial charge in [-0.25, -0.2) is 4.39 Å². The van der Waals surface area contributed by atoms with Crippen LogP contribution in [0.25, 0.3) is 5.70 Å². The first-order chi connectivity index (χ1) is 10.1. The van der Waals surface area contributed by atoms with Gasteiger partial charge >= 0.3 is 0 Å². The average molecular weight is 286 g/mol. The lowest BCUT2D eigenvalue weighted by molar-refractivity contribution is -0.121. The second-order valence-corrected chi connectivity index (χ2v) is 4.48. The molecule has 0 bridgehead atoms. The molecule has 2 aromatic rings. The minimum atomic E-state index is -0.499. The largest absolute Gasteiger partial charge is 0.507 e. The molecule has 1 amide bonds. The van der Waals surface area contributed by atoms with Gasteiger partial charge in [0.25, 0.3) is 0 Å². The smallest absolute Gasteiger partial charge is 0.242 e. The molecule has 0 fully saturated rings. The second-order valence-electron chi connectivity index (χ2n) is 4.48. The highest BCUT2D eigenvalue weighted by molar-refractivity contribution is 5.79. The quantitative estimate of drug-likeness (QED) is 0.739. The van der Waals surface area contributed by atoms with Crippen LogP contribution in [0.2, 0.25) is 0 Å². The molecule has 0 unspecified atom stereocenters. The number of amides is 1. The summed E-state index contributed by atoms with van der Waals surface area (Å²) in [5.41, 5.74) is 6.28. The van der Waals surface area contributed by atoms with E-state index in [-0.39, 0.29) is 29.3 Å². The highest BCUT2D eigenvalue weighted by Gasteiger charge is 2.08. The van der Waals surface area contributed by atoms with Crippen LogP contribution in [0.15, 0.2) is 55.1 Å². The van der Waals surface area contributed by atoms with Crippen molar-refractivity contribution < 1.29 is 14.3 Å². The summed E-state index contributed by atoms with van der Waals surface area (Å²) in [6.07, 6.45) is 0.205. The van der Waals surface area contributed by atoms with Crippen molar-refractivity contribution >= 4 is 11.6 Å². The summed E-state index contributed by atoms with van der Waals surface area (Å²) in [6, 6.07) is 12.7. The highest BCUT2D eigenvalue weighted by atomic mass is 19.1. The van der Waals surface area contributed by atoms with Gasteiger partial charge in [-0.1, -0.05) is 36.9 Å². The van der Waals surface area contributed by atoms with E-state index in [9.17, 15) is 14.3 Å². The molecule has 0 heterocycles. The number of carbonyl (C=O) groups excluding carboxylic acids is 1. The predicted octanol–water partition coefficient (Wildman–Crippen LogP) is 2.37. The number of aromatic hydroxyl groups is 1. The molecule has 0 aromatic heterocycles. The SMILES string of the molecule is C=C(NNC(=O)Cc1ccccc1)c1cc(F)ccc1O. The highest BCUT2D eigenvalue weighted by Crippen LogP contribution is 2.22. The number of rotatable bonds is 5. The van der Waals surface area contributed by atoms with Crippen LogP contribution in [0.4, 0.5) is 4.39 Å². The lowest BCUT2D eigenvalue weighted by Gasteiger charge is -2.12. The first kappa shape index (κ1) is 14.6.